The molecule has 0 spiro atoms. The van der Waals surface area contributed by atoms with Gasteiger partial charge in [-0.05, 0) is 24.3 Å². The van der Waals surface area contributed by atoms with Gasteiger partial charge in [-0.3, -0.25) is 14.5 Å². The van der Waals surface area contributed by atoms with Crippen molar-refractivity contribution in [3.63, 3.8) is 0 Å². The van der Waals surface area contributed by atoms with Crippen LogP contribution in [0.15, 0.2) is 77.9 Å². The number of fused-ring (bicyclic) bond motifs is 1. The van der Waals surface area contributed by atoms with E-state index >= 15 is 0 Å². The number of para-hydroxylation sites is 2. The van der Waals surface area contributed by atoms with Gasteiger partial charge in [0.05, 0.1) is 41.6 Å². The van der Waals surface area contributed by atoms with Crippen molar-refractivity contribution in [3.05, 3.63) is 79.3 Å². The molecule has 0 fully saturated rings. The maximum absolute atomic E-state index is 12.5. The van der Waals surface area contributed by atoms with Gasteiger partial charge in [0.15, 0.2) is 0 Å². The number of aromatic nitrogens is 6. The molecule has 4 heterocycles. The van der Waals surface area contributed by atoms with Crippen LogP contribution in [0, 0.1) is 0 Å². The number of hydrogen-bond donors (Lipinski definition) is 1. The number of anilines is 1. The van der Waals surface area contributed by atoms with Gasteiger partial charge < -0.3 is 9.73 Å². The van der Waals surface area contributed by atoms with Crippen LogP contribution in [0.5, 0.6) is 0 Å². The standard InChI is InChI=1S/C21H17N7O2/c29-21(26-20-7-8-23-28(20)13-16-4-3-9-30-16)14-27-12-15(10-24-27)19-11-22-17-5-1-2-6-18(17)25-19/h1-12H,13-14H2,(H,26,29). The summed E-state index contributed by atoms with van der Waals surface area (Å²) in [5, 5.41) is 11.4. The summed E-state index contributed by atoms with van der Waals surface area (Å²) in [7, 11) is 0. The number of amides is 1. The van der Waals surface area contributed by atoms with Crippen molar-refractivity contribution in [2.75, 3.05) is 5.32 Å². The Morgan fingerprint density at radius 2 is 1.93 bits per heavy atom. The first kappa shape index (κ1) is 17.8. The molecular formula is C21H17N7O2. The van der Waals surface area contributed by atoms with E-state index in [0.29, 0.717) is 18.1 Å². The van der Waals surface area contributed by atoms with E-state index in [-0.39, 0.29) is 12.5 Å². The molecule has 5 aromatic rings. The molecule has 1 N–H and O–H groups in total. The molecule has 0 atom stereocenters. The van der Waals surface area contributed by atoms with Gasteiger partial charge in [0.1, 0.15) is 24.7 Å². The van der Waals surface area contributed by atoms with Crippen LogP contribution in [0.4, 0.5) is 5.82 Å². The number of carbonyl (C=O) groups is 1. The van der Waals surface area contributed by atoms with Gasteiger partial charge in [-0.2, -0.15) is 10.2 Å². The van der Waals surface area contributed by atoms with Gasteiger partial charge in [-0.25, -0.2) is 9.67 Å². The van der Waals surface area contributed by atoms with Gasteiger partial charge in [0.25, 0.3) is 0 Å². The average molecular weight is 399 g/mol. The minimum atomic E-state index is -0.213. The second-order valence-corrected chi connectivity index (χ2v) is 6.67. The number of hydrogen-bond acceptors (Lipinski definition) is 6. The van der Waals surface area contributed by atoms with Crippen LogP contribution in [0.1, 0.15) is 5.76 Å². The summed E-state index contributed by atoms with van der Waals surface area (Å²) in [6, 6.07) is 13.1. The summed E-state index contributed by atoms with van der Waals surface area (Å²) in [6.45, 7) is 0.495. The molecule has 0 saturated heterocycles. The zero-order chi connectivity index (χ0) is 20.3. The average Bonchev–Trinajstić information content (AvgIpc) is 3.52. The van der Waals surface area contributed by atoms with E-state index in [4.69, 9.17) is 4.42 Å². The van der Waals surface area contributed by atoms with Crippen molar-refractivity contribution in [1.29, 1.82) is 0 Å². The van der Waals surface area contributed by atoms with Crippen molar-refractivity contribution in [2.24, 2.45) is 0 Å². The van der Waals surface area contributed by atoms with Gasteiger partial charge in [0, 0.05) is 17.8 Å². The predicted molar refractivity (Wildman–Crippen MR) is 109 cm³/mol. The van der Waals surface area contributed by atoms with Crippen molar-refractivity contribution >= 4 is 22.8 Å². The molecule has 9 nitrogen and oxygen atoms in total. The third-order valence-corrected chi connectivity index (χ3v) is 4.55. The molecule has 4 aromatic heterocycles. The fourth-order valence-corrected chi connectivity index (χ4v) is 3.12. The molecule has 1 aromatic carbocycles. The highest BCUT2D eigenvalue weighted by Crippen LogP contribution is 2.18. The Hall–Kier alpha value is -4.27. The Balaban J connectivity index is 1.27. The summed E-state index contributed by atoms with van der Waals surface area (Å²) in [5.74, 6) is 1.13. The first-order valence-corrected chi connectivity index (χ1v) is 9.33. The summed E-state index contributed by atoms with van der Waals surface area (Å²) < 4.78 is 8.56. The van der Waals surface area contributed by atoms with Gasteiger partial charge in [-0.15, -0.1) is 0 Å². The van der Waals surface area contributed by atoms with Gasteiger partial charge in [-0.1, -0.05) is 12.1 Å². The maximum atomic E-state index is 12.5. The highest BCUT2D eigenvalue weighted by Gasteiger charge is 2.11. The van der Waals surface area contributed by atoms with Crippen LogP contribution in [-0.2, 0) is 17.9 Å². The zero-order valence-corrected chi connectivity index (χ0v) is 15.8. The van der Waals surface area contributed by atoms with Crippen molar-refractivity contribution in [3.8, 4) is 11.3 Å². The Kier molecular flexibility index (Phi) is 4.53. The summed E-state index contributed by atoms with van der Waals surface area (Å²) in [6.07, 6.45) is 8.39. The first-order chi connectivity index (χ1) is 14.7. The van der Waals surface area contributed by atoms with Gasteiger partial charge in [0.2, 0.25) is 5.91 Å². The van der Waals surface area contributed by atoms with Crippen molar-refractivity contribution in [2.45, 2.75) is 13.1 Å². The van der Waals surface area contributed by atoms with E-state index in [0.717, 1.165) is 22.4 Å². The van der Waals surface area contributed by atoms with Crippen LogP contribution in [0.25, 0.3) is 22.3 Å². The highest BCUT2D eigenvalue weighted by molar-refractivity contribution is 5.89. The van der Waals surface area contributed by atoms with Crippen LogP contribution >= 0.6 is 0 Å². The van der Waals surface area contributed by atoms with E-state index in [9.17, 15) is 4.79 Å². The van der Waals surface area contributed by atoms with Crippen LogP contribution in [0.2, 0.25) is 0 Å². The smallest absolute Gasteiger partial charge is 0.247 e. The van der Waals surface area contributed by atoms with Crippen LogP contribution < -0.4 is 5.32 Å². The molecule has 9 heteroatoms. The highest BCUT2D eigenvalue weighted by atomic mass is 16.3. The van der Waals surface area contributed by atoms with Crippen LogP contribution in [0.3, 0.4) is 0 Å². The normalized spacial score (nSPS) is 11.1. The number of nitrogens with zero attached hydrogens (tertiary/aromatic N) is 6. The SMILES string of the molecule is O=C(Cn1cc(-c2cnc3ccccc3n2)cn1)Nc1ccnn1Cc1ccco1. The Morgan fingerprint density at radius 1 is 1.03 bits per heavy atom. The lowest BCUT2D eigenvalue weighted by Crippen LogP contribution is -2.21. The number of carbonyl (C=O) groups excluding carboxylic acids is 1. The lowest BCUT2D eigenvalue weighted by atomic mass is 10.2. The monoisotopic (exact) mass is 399 g/mol. The molecule has 0 aliphatic carbocycles. The largest absolute Gasteiger partial charge is 0.467 e. The number of furan rings is 1. The molecule has 0 radical (unpaired) electrons. The Labute approximate surface area is 171 Å². The quantitative estimate of drug-likeness (QED) is 0.471. The van der Waals surface area contributed by atoms with Crippen molar-refractivity contribution < 1.29 is 9.21 Å². The number of nitrogens with one attached hydrogen (secondary N) is 1. The van der Waals surface area contributed by atoms with Crippen molar-refractivity contribution in [1.82, 2.24) is 29.5 Å². The van der Waals surface area contributed by atoms with Crippen LogP contribution in [-0.4, -0.2) is 35.4 Å². The van der Waals surface area contributed by atoms with Gasteiger partial charge >= 0.3 is 0 Å². The summed E-state index contributed by atoms with van der Waals surface area (Å²) in [5.41, 5.74) is 3.14. The molecule has 148 valence electrons. The minimum Gasteiger partial charge on any atom is -0.467 e. The maximum Gasteiger partial charge on any atom is 0.247 e. The third kappa shape index (κ3) is 3.68. The van der Waals surface area contributed by atoms with E-state index in [1.54, 1.807) is 46.5 Å². The first-order valence-electron chi connectivity index (χ1n) is 9.33. The molecule has 5 rings (SSSR count). The predicted octanol–water partition coefficient (Wildman–Crippen LogP) is 2.97. The molecular weight excluding hydrogens is 382 g/mol. The topological polar surface area (TPSA) is 104 Å². The molecule has 1 amide bonds. The number of benzene rings is 1. The van der Waals surface area contributed by atoms with E-state index in [1.165, 1.54) is 0 Å². The molecule has 0 unspecified atom stereocenters. The lowest BCUT2D eigenvalue weighted by molar-refractivity contribution is -0.116. The second kappa shape index (κ2) is 7.63. The third-order valence-electron chi connectivity index (χ3n) is 4.55. The van der Waals surface area contributed by atoms with E-state index < -0.39 is 0 Å². The molecule has 0 aliphatic heterocycles. The fourth-order valence-electron chi connectivity index (χ4n) is 3.12. The fraction of sp³-hybridized carbons (Fsp3) is 0.0952. The molecule has 0 saturated carbocycles. The summed E-state index contributed by atoms with van der Waals surface area (Å²) >= 11 is 0. The zero-order valence-electron chi connectivity index (χ0n) is 15.8. The molecule has 0 bridgehead atoms. The minimum absolute atomic E-state index is 0.0624. The summed E-state index contributed by atoms with van der Waals surface area (Å²) in [4.78, 5) is 21.5. The van der Waals surface area contributed by atoms with E-state index in [1.807, 2.05) is 36.4 Å². The second-order valence-electron chi connectivity index (χ2n) is 6.67. The Bertz CT molecular complexity index is 1300. The Morgan fingerprint density at radius 3 is 2.80 bits per heavy atom. The van der Waals surface area contributed by atoms with E-state index in [2.05, 4.69) is 25.5 Å². The molecule has 30 heavy (non-hydrogen) atoms. The number of rotatable bonds is 6. The molecule has 0 aliphatic rings. The lowest BCUT2D eigenvalue weighted by Gasteiger charge is -2.08.